The molecule has 3 heterocycles. The molecule has 58 heavy (non-hydrogen) atoms. The molecular formula is C54H34N2OS. The van der Waals surface area contributed by atoms with E-state index in [1.165, 1.54) is 53.1 Å². The van der Waals surface area contributed by atoms with Gasteiger partial charge in [-0.05, 0) is 102 Å². The van der Waals surface area contributed by atoms with E-state index in [0.29, 0.717) is 0 Å². The van der Waals surface area contributed by atoms with Gasteiger partial charge in [-0.3, -0.25) is 0 Å². The van der Waals surface area contributed by atoms with Gasteiger partial charge in [-0.2, -0.15) is 0 Å². The molecule has 0 atom stereocenters. The number of nitrogens with zero attached hydrogens (tertiary/aromatic N) is 2. The van der Waals surface area contributed by atoms with Crippen LogP contribution in [0.25, 0.3) is 91.9 Å². The Morgan fingerprint density at radius 1 is 0.379 bits per heavy atom. The number of rotatable bonds is 6. The molecule has 4 heteroatoms. The zero-order chi connectivity index (χ0) is 38.2. The largest absolute Gasteiger partial charge is 0.455 e. The molecule has 272 valence electrons. The lowest BCUT2D eigenvalue weighted by Crippen LogP contribution is -2.10. The van der Waals surface area contributed by atoms with E-state index >= 15 is 0 Å². The number of aromatic nitrogens is 1. The van der Waals surface area contributed by atoms with E-state index in [1.54, 1.807) is 0 Å². The van der Waals surface area contributed by atoms with E-state index in [9.17, 15) is 0 Å². The summed E-state index contributed by atoms with van der Waals surface area (Å²) in [6, 6.07) is 74.4. The molecule has 0 amide bonds. The molecule has 0 aliphatic rings. The number of fused-ring (bicyclic) bond motifs is 9. The molecule has 3 nitrogen and oxygen atoms in total. The van der Waals surface area contributed by atoms with Crippen molar-refractivity contribution in [3.05, 3.63) is 206 Å². The number of hydrogen-bond donors (Lipinski definition) is 0. The zero-order valence-electron chi connectivity index (χ0n) is 31.3. The van der Waals surface area contributed by atoms with Gasteiger partial charge in [0.1, 0.15) is 11.2 Å². The van der Waals surface area contributed by atoms with Crippen molar-refractivity contribution in [2.45, 2.75) is 0 Å². The molecule has 0 aliphatic carbocycles. The fourth-order valence-electron chi connectivity index (χ4n) is 8.89. The Balaban J connectivity index is 0.988. The molecule has 12 rings (SSSR count). The first-order chi connectivity index (χ1) is 28.7. The lowest BCUT2D eigenvalue weighted by Gasteiger charge is -2.26. The third-order valence-electron chi connectivity index (χ3n) is 11.6. The Hall–Kier alpha value is -7.40. The van der Waals surface area contributed by atoms with Gasteiger partial charge in [0.2, 0.25) is 0 Å². The standard InChI is InChI=1S/C54H34N2OS/c1-5-19-49-43(13-1)44-14-2-6-20-50(44)56(49)40-30-28-39(29-31-40)55(38-26-23-35(24-27-38)36-25-32-53-48(34-36)46-16-4-8-22-52(46)58-53)41-12-9-11-37(33-41)42-17-10-18-47-45-15-3-7-21-51(45)57-54(42)47/h1-34H. The highest BCUT2D eigenvalue weighted by Crippen LogP contribution is 2.42. The molecule has 0 saturated heterocycles. The Kier molecular flexibility index (Phi) is 7.40. The molecule has 0 bridgehead atoms. The summed E-state index contributed by atoms with van der Waals surface area (Å²) in [6.45, 7) is 0. The third-order valence-corrected chi connectivity index (χ3v) is 12.8. The smallest absolute Gasteiger partial charge is 0.143 e. The second kappa shape index (κ2) is 13.1. The minimum absolute atomic E-state index is 0.900. The minimum Gasteiger partial charge on any atom is -0.455 e. The van der Waals surface area contributed by atoms with E-state index in [2.05, 4.69) is 204 Å². The maximum absolute atomic E-state index is 6.50. The predicted octanol–water partition coefficient (Wildman–Crippen LogP) is 15.9. The van der Waals surface area contributed by atoms with Crippen molar-refractivity contribution in [2.24, 2.45) is 0 Å². The van der Waals surface area contributed by atoms with Crippen molar-refractivity contribution in [3.8, 4) is 27.9 Å². The first-order valence-electron chi connectivity index (χ1n) is 19.7. The van der Waals surface area contributed by atoms with Crippen LogP contribution in [0.1, 0.15) is 0 Å². The first kappa shape index (κ1) is 32.8. The van der Waals surface area contributed by atoms with Gasteiger partial charge in [0.05, 0.1) is 11.0 Å². The van der Waals surface area contributed by atoms with Crippen LogP contribution in [0.15, 0.2) is 211 Å². The second-order valence-electron chi connectivity index (χ2n) is 14.9. The van der Waals surface area contributed by atoms with Crippen molar-refractivity contribution in [2.75, 3.05) is 4.90 Å². The van der Waals surface area contributed by atoms with Gasteiger partial charge in [-0.15, -0.1) is 11.3 Å². The average molecular weight is 759 g/mol. The van der Waals surface area contributed by atoms with Crippen LogP contribution < -0.4 is 4.90 Å². The summed E-state index contributed by atoms with van der Waals surface area (Å²) in [7, 11) is 0. The third kappa shape index (κ3) is 5.19. The quantitative estimate of drug-likeness (QED) is 0.168. The van der Waals surface area contributed by atoms with Gasteiger partial charge in [-0.1, -0.05) is 121 Å². The average Bonchev–Trinajstić information content (AvgIpc) is 3.97. The molecule has 0 radical (unpaired) electrons. The van der Waals surface area contributed by atoms with Crippen molar-refractivity contribution in [3.63, 3.8) is 0 Å². The van der Waals surface area contributed by atoms with Crippen LogP contribution in [-0.2, 0) is 0 Å². The summed E-state index contributed by atoms with van der Waals surface area (Å²) in [5.74, 6) is 0. The van der Waals surface area contributed by atoms with Crippen LogP contribution in [0.4, 0.5) is 17.1 Å². The van der Waals surface area contributed by atoms with Crippen molar-refractivity contribution < 1.29 is 4.42 Å². The van der Waals surface area contributed by atoms with E-state index in [0.717, 1.165) is 55.8 Å². The minimum atomic E-state index is 0.900. The predicted molar refractivity (Wildman–Crippen MR) is 247 cm³/mol. The fraction of sp³-hybridized carbons (Fsp3) is 0. The summed E-state index contributed by atoms with van der Waals surface area (Å²) >= 11 is 1.85. The molecule has 0 spiro atoms. The van der Waals surface area contributed by atoms with Crippen LogP contribution in [0.5, 0.6) is 0 Å². The monoisotopic (exact) mass is 758 g/mol. The van der Waals surface area contributed by atoms with E-state index in [1.807, 2.05) is 23.5 Å². The Morgan fingerprint density at radius 3 is 1.76 bits per heavy atom. The highest BCUT2D eigenvalue weighted by Gasteiger charge is 2.18. The number of anilines is 3. The van der Waals surface area contributed by atoms with Gasteiger partial charge in [0.15, 0.2) is 0 Å². The van der Waals surface area contributed by atoms with Crippen molar-refractivity contribution >= 4 is 92.3 Å². The summed E-state index contributed by atoms with van der Waals surface area (Å²) in [5, 5.41) is 7.39. The van der Waals surface area contributed by atoms with Crippen LogP contribution in [0.3, 0.4) is 0 Å². The lowest BCUT2D eigenvalue weighted by molar-refractivity contribution is 0.670. The zero-order valence-corrected chi connectivity index (χ0v) is 32.2. The summed E-state index contributed by atoms with van der Waals surface area (Å²) < 4.78 is 11.5. The maximum Gasteiger partial charge on any atom is 0.143 e. The molecule has 0 N–H and O–H groups in total. The molecule has 0 saturated carbocycles. The Bertz CT molecular complexity index is 3460. The summed E-state index contributed by atoms with van der Waals surface area (Å²) in [5.41, 5.74) is 13.1. The van der Waals surface area contributed by atoms with Crippen molar-refractivity contribution in [1.29, 1.82) is 0 Å². The number of benzene rings is 9. The fourth-order valence-corrected chi connectivity index (χ4v) is 9.98. The number of furan rings is 1. The van der Waals surface area contributed by atoms with Gasteiger partial charge in [0.25, 0.3) is 0 Å². The highest BCUT2D eigenvalue weighted by atomic mass is 32.1. The lowest BCUT2D eigenvalue weighted by atomic mass is 10.0. The first-order valence-corrected chi connectivity index (χ1v) is 20.5. The van der Waals surface area contributed by atoms with Gasteiger partial charge in [0, 0.05) is 70.0 Å². The number of hydrogen-bond acceptors (Lipinski definition) is 3. The van der Waals surface area contributed by atoms with Crippen LogP contribution in [0, 0.1) is 0 Å². The Labute approximate surface area is 338 Å². The number of thiophene rings is 1. The molecule has 12 aromatic rings. The van der Waals surface area contributed by atoms with Gasteiger partial charge < -0.3 is 13.9 Å². The second-order valence-corrected chi connectivity index (χ2v) is 16.0. The number of para-hydroxylation sites is 4. The molecular weight excluding hydrogens is 725 g/mol. The normalized spacial score (nSPS) is 11.8. The van der Waals surface area contributed by atoms with Gasteiger partial charge in [-0.25, -0.2) is 0 Å². The van der Waals surface area contributed by atoms with E-state index in [-0.39, 0.29) is 0 Å². The summed E-state index contributed by atoms with van der Waals surface area (Å²) in [6.07, 6.45) is 0. The molecule has 9 aromatic carbocycles. The van der Waals surface area contributed by atoms with Crippen LogP contribution in [-0.4, -0.2) is 4.57 Å². The van der Waals surface area contributed by atoms with Gasteiger partial charge >= 0.3 is 0 Å². The summed E-state index contributed by atoms with van der Waals surface area (Å²) in [4.78, 5) is 2.36. The molecule has 0 aliphatic heterocycles. The topological polar surface area (TPSA) is 21.3 Å². The van der Waals surface area contributed by atoms with E-state index in [4.69, 9.17) is 4.42 Å². The van der Waals surface area contributed by atoms with Crippen LogP contribution >= 0.6 is 11.3 Å². The van der Waals surface area contributed by atoms with Crippen molar-refractivity contribution in [1.82, 2.24) is 4.57 Å². The molecule has 0 unspecified atom stereocenters. The highest BCUT2D eigenvalue weighted by molar-refractivity contribution is 7.25. The Morgan fingerprint density at radius 2 is 0.983 bits per heavy atom. The maximum atomic E-state index is 6.50. The van der Waals surface area contributed by atoms with E-state index < -0.39 is 0 Å². The van der Waals surface area contributed by atoms with Crippen LogP contribution in [0.2, 0.25) is 0 Å². The molecule has 0 fully saturated rings. The SMILES string of the molecule is c1cc(-c2cccc3c2oc2ccccc23)cc(N(c2ccc(-c3ccc4sc5ccccc5c4c3)cc2)c2ccc(-n3c4ccccc4c4ccccc43)cc2)c1. The molecule has 3 aromatic heterocycles.